The quantitative estimate of drug-likeness (QED) is 0.428. The van der Waals surface area contributed by atoms with E-state index in [4.69, 9.17) is 5.73 Å². The van der Waals surface area contributed by atoms with Gasteiger partial charge in [0.15, 0.2) is 0 Å². The van der Waals surface area contributed by atoms with E-state index in [1.54, 1.807) is 11.8 Å². The van der Waals surface area contributed by atoms with Gasteiger partial charge in [0.2, 0.25) is 5.91 Å². The van der Waals surface area contributed by atoms with Crippen molar-refractivity contribution in [1.29, 1.82) is 0 Å². The molecule has 0 spiro atoms. The number of carbonyl (C=O) groups excluding carboxylic acids is 1. The zero-order chi connectivity index (χ0) is 6.69. The maximum Gasteiger partial charge on any atom is 0.249 e. The van der Waals surface area contributed by atoms with Gasteiger partial charge in [-0.05, 0) is 0 Å². The Bertz CT molecular complexity index is 112. The molecule has 1 saturated heterocycles. The van der Waals surface area contributed by atoms with Gasteiger partial charge in [0, 0.05) is 11.8 Å². The first-order valence-corrected chi connectivity index (χ1v) is 3.80. The van der Waals surface area contributed by atoms with E-state index < -0.39 is 0 Å². The number of nitrogens with one attached hydrogen (secondary N) is 2. The van der Waals surface area contributed by atoms with E-state index >= 15 is 0 Å². The molecule has 0 aliphatic carbocycles. The molecule has 1 aliphatic heterocycles. The molecule has 0 aromatic rings. The number of carbonyl (C=O) groups is 1. The topological polar surface area (TPSA) is 67.2 Å². The molecule has 4 N–H and O–H groups in total. The molecule has 1 aliphatic rings. The minimum Gasteiger partial charge on any atom is -0.367 e. The van der Waals surface area contributed by atoms with Gasteiger partial charge in [-0.2, -0.15) is 0 Å². The van der Waals surface area contributed by atoms with Crippen LogP contribution in [0.2, 0.25) is 0 Å². The summed E-state index contributed by atoms with van der Waals surface area (Å²) in [5, 5.41) is 5.79. The highest BCUT2D eigenvalue weighted by Crippen LogP contribution is 1.99. The normalized spacial score (nSPS) is 21.8. The van der Waals surface area contributed by atoms with Crippen molar-refractivity contribution < 1.29 is 4.79 Å². The van der Waals surface area contributed by atoms with Gasteiger partial charge in [-0.25, -0.2) is 0 Å². The van der Waals surface area contributed by atoms with Crippen molar-refractivity contribution in [2.45, 2.75) is 6.17 Å². The van der Waals surface area contributed by atoms with Crippen molar-refractivity contribution in [3.05, 3.63) is 0 Å². The van der Waals surface area contributed by atoms with E-state index in [1.807, 2.05) is 0 Å². The Morgan fingerprint density at radius 2 is 2.11 bits per heavy atom. The van der Waals surface area contributed by atoms with E-state index in [0.29, 0.717) is 0 Å². The number of hydrogen-bond acceptors (Lipinski definition) is 4. The van der Waals surface area contributed by atoms with E-state index in [1.165, 1.54) is 0 Å². The van der Waals surface area contributed by atoms with Crippen molar-refractivity contribution >= 4 is 17.7 Å². The highest BCUT2D eigenvalue weighted by Gasteiger charge is 2.15. The van der Waals surface area contributed by atoms with Crippen LogP contribution in [0.5, 0.6) is 0 Å². The van der Waals surface area contributed by atoms with Crippen LogP contribution in [0.3, 0.4) is 0 Å². The van der Waals surface area contributed by atoms with Crippen molar-refractivity contribution in [2.24, 2.45) is 5.73 Å². The summed E-state index contributed by atoms with van der Waals surface area (Å²) in [7, 11) is 0. The fourth-order valence-corrected chi connectivity index (χ4v) is 1.28. The average molecular weight is 147 g/mol. The predicted octanol–water partition coefficient (Wildman–Crippen LogP) is -1.36. The molecule has 0 saturated carbocycles. The zero-order valence-electron chi connectivity index (χ0n) is 4.89. The summed E-state index contributed by atoms with van der Waals surface area (Å²) in [6.45, 7) is 0. The minimum atomic E-state index is -0.338. The molecule has 1 heterocycles. The van der Waals surface area contributed by atoms with Gasteiger partial charge in [-0.1, -0.05) is 0 Å². The van der Waals surface area contributed by atoms with E-state index in [-0.39, 0.29) is 12.1 Å². The molecule has 4 nitrogen and oxygen atoms in total. The summed E-state index contributed by atoms with van der Waals surface area (Å²) >= 11 is 1.69. The van der Waals surface area contributed by atoms with Crippen LogP contribution in [0.25, 0.3) is 0 Å². The van der Waals surface area contributed by atoms with Crippen molar-refractivity contribution in [1.82, 2.24) is 10.6 Å². The molecule has 9 heavy (non-hydrogen) atoms. The van der Waals surface area contributed by atoms with Crippen molar-refractivity contribution in [3.8, 4) is 0 Å². The van der Waals surface area contributed by atoms with Crippen molar-refractivity contribution in [2.75, 3.05) is 11.8 Å². The molecule has 52 valence electrons. The lowest BCUT2D eigenvalue weighted by atomic mass is 10.5. The minimum absolute atomic E-state index is 0.328. The van der Waals surface area contributed by atoms with Gasteiger partial charge < -0.3 is 5.73 Å². The Hall–Kier alpha value is -0.260. The molecule has 0 radical (unpaired) electrons. The number of hydrogen-bond donors (Lipinski definition) is 3. The smallest absolute Gasteiger partial charge is 0.249 e. The highest BCUT2D eigenvalue weighted by molar-refractivity contribution is 7.99. The van der Waals surface area contributed by atoms with Gasteiger partial charge in [0.05, 0.1) is 0 Å². The van der Waals surface area contributed by atoms with Crippen LogP contribution in [-0.4, -0.2) is 23.8 Å². The second kappa shape index (κ2) is 3.05. The van der Waals surface area contributed by atoms with Crippen molar-refractivity contribution in [3.63, 3.8) is 0 Å². The molecule has 0 atom stereocenters. The first kappa shape index (κ1) is 6.85. The Balaban J connectivity index is 2.31. The van der Waals surface area contributed by atoms with Crippen LogP contribution in [0.4, 0.5) is 0 Å². The third kappa shape index (κ3) is 1.85. The first-order valence-electron chi connectivity index (χ1n) is 2.64. The molecule has 1 fully saturated rings. The van der Waals surface area contributed by atoms with Gasteiger partial charge in [-0.3, -0.25) is 15.4 Å². The van der Waals surface area contributed by atoms with Gasteiger partial charge in [0.1, 0.15) is 6.17 Å². The maximum atomic E-state index is 10.4. The Morgan fingerprint density at radius 3 is 2.44 bits per heavy atom. The van der Waals surface area contributed by atoms with Crippen LogP contribution >= 0.6 is 11.8 Å². The van der Waals surface area contributed by atoms with Gasteiger partial charge in [-0.15, -0.1) is 11.8 Å². The Morgan fingerprint density at radius 1 is 1.56 bits per heavy atom. The van der Waals surface area contributed by atoms with E-state index in [2.05, 4.69) is 10.6 Å². The molecule has 1 amide bonds. The molecule has 1 rings (SSSR count). The molecule has 0 aromatic heterocycles. The molecular formula is C4H9N3OS. The fourth-order valence-electron chi connectivity index (χ4n) is 0.609. The summed E-state index contributed by atoms with van der Waals surface area (Å²) < 4.78 is 0. The fraction of sp³-hybridized carbons (Fsp3) is 0.750. The van der Waals surface area contributed by atoms with Gasteiger partial charge >= 0.3 is 0 Å². The molecule has 0 aromatic carbocycles. The molecule has 0 bridgehead atoms. The third-order valence-corrected chi connectivity index (χ3v) is 1.81. The number of amides is 1. The molecule has 0 unspecified atom stereocenters. The SMILES string of the molecule is NC(=O)C1NCSCN1. The lowest BCUT2D eigenvalue weighted by molar-refractivity contribution is -0.120. The van der Waals surface area contributed by atoms with E-state index in [0.717, 1.165) is 11.8 Å². The van der Waals surface area contributed by atoms with E-state index in [9.17, 15) is 4.79 Å². The predicted molar refractivity (Wildman–Crippen MR) is 36.6 cm³/mol. The van der Waals surface area contributed by atoms with Gasteiger partial charge in [0.25, 0.3) is 0 Å². The summed E-state index contributed by atoms with van der Waals surface area (Å²) in [5.74, 6) is 1.25. The highest BCUT2D eigenvalue weighted by atomic mass is 32.2. The number of rotatable bonds is 1. The van der Waals surface area contributed by atoms with Crippen LogP contribution < -0.4 is 16.4 Å². The largest absolute Gasteiger partial charge is 0.367 e. The third-order valence-electron chi connectivity index (χ3n) is 1.06. The number of primary amides is 1. The average Bonchev–Trinajstić information content (AvgIpc) is 1.90. The lowest BCUT2D eigenvalue weighted by Gasteiger charge is -2.21. The Kier molecular flexibility index (Phi) is 2.32. The summed E-state index contributed by atoms with van der Waals surface area (Å²) in [6, 6.07) is 0. The monoisotopic (exact) mass is 147 g/mol. The van der Waals surface area contributed by atoms with Crippen LogP contribution in [0, 0.1) is 0 Å². The van der Waals surface area contributed by atoms with Crippen LogP contribution in [-0.2, 0) is 4.79 Å². The molecular weight excluding hydrogens is 138 g/mol. The maximum absolute atomic E-state index is 10.4. The molecule has 5 heteroatoms. The zero-order valence-corrected chi connectivity index (χ0v) is 5.70. The van der Waals surface area contributed by atoms with Crippen LogP contribution in [0.1, 0.15) is 0 Å². The standard InChI is InChI=1S/C4H9N3OS/c5-3(8)4-6-1-9-2-7-4/h4,6-7H,1-2H2,(H2,5,8). The lowest BCUT2D eigenvalue weighted by Crippen LogP contribution is -2.54. The first-order chi connectivity index (χ1) is 4.30. The summed E-state index contributed by atoms with van der Waals surface area (Å²) in [4.78, 5) is 10.4. The second-order valence-electron chi connectivity index (χ2n) is 1.74. The Labute approximate surface area is 57.6 Å². The summed E-state index contributed by atoms with van der Waals surface area (Å²) in [6.07, 6.45) is -0.328. The second-order valence-corrected chi connectivity index (χ2v) is 2.72. The van der Waals surface area contributed by atoms with Crippen LogP contribution in [0.15, 0.2) is 0 Å². The number of nitrogens with two attached hydrogens (primary N) is 1. The summed E-state index contributed by atoms with van der Waals surface area (Å²) in [5.41, 5.74) is 4.99. The number of thioether (sulfide) groups is 1.